The molecular formula is C21H18N2O. The Kier molecular flexibility index (Phi) is 3.54. The average Bonchev–Trinajstić information content (AvgIpc) is 2.99. The SMILES string of the molecule is COc1cccc(-c2ccccc2-c2nc3ccccc3n2C)c1. The van der Waals surface area contributed by atoms with Crippen molar-refractivity contribution in [1.29, 1.82) is 0 Å². The average molecular weight is 314 g/mol. The van der Waals surface area contributed by atoms with Gasteiger partial charge < -0.3 is 9.30 Å². The van der Waals surface area contributed by atoms with E-state index in [0.29, 0.717) is 0 Å². The van der Waals surface area contributed by atoms with E-state index in [9.17, 15) is 0 Å². The summed E-state index contributed by atoms with van der Waals surface area (Å²) < 4.78 is 7.52. The van der Waals surface area contributed by atoms with Gasteiger partial charge in [-0.25, -0.2) is 4.98 Å². The van der Waals surface area contributed by atoms with Gasteiger partial charge in [0.25, 0.3) is 0 Å². The second kappa shape index (κ2) is 5.85. The lowest BCUT2D eigenvalue weighted by Crippen LogP contribution is -1.95. The zero-order chi connectivity index (χ0) is 16.5. The van der Waals surface area contributed by atoms with Crippen LogP contribution in [0.3, 0.4) is 0 Å². The molecule has 4 rings (SSSR count). The number of imidazole rings is 1. The first-order valence-electron chi connectivity index (χ1n) is 7.93. The minimum Gasteiger partial charge on any atom is -0.497 e. The van der Waals surface area contributed by atoms with Gasteiger partial charge in [-0.2, -0.15) is 0 Å². The largest absolute Gasteiger partial charge is 0.497 e. The van der Waals surface area contributed by atoms with Gasteiger partial charge in [-0.1, -0.05) is 48.5 Å². The van der Waals surface area contributed by atoms with Crippen LogP contribution in [0.2, 0.25) is 0 Å². The Bertz CT molecular complexity index is 1020. The third-order valence-electron chi connectivity index (χ3n) is 4.34. The van der Waals surface area contributed by atoms with Crippen LogP contribution in [0.15, 0.2) is 72.8 Å². The third-order valence-corrected chi connectivity index (χ3v) is 4.34. The molecule has 0 spiro atoms. The molecule has 3 nitrogen and oxygen atoms in total. The van der Waals surface area contributed by atoms with Crippen LogP contribution >= 0.6 is 0 Å². The Morgan fingerprint density at radius 2 is 1.58 bits per heavy atom. The normalized spacial score (nSPS) is 10.9. The van der Waals surface area contributed by atoms with Crippen molar-refractivity contribution in [2.75, 3.05) is 7.11 Å². The molecule has 0 aliphatic heterocycles. The number of rotatable bonds is 3. The highest BCUT2D eigenvalue weighted by Gasteiger charge is 2.14. The molecule has 0 aliphatic rings. The number of hydrogen-bond acceptors (Lipinski definition) is 2. The van der Waals surface area contributed by atoms with E-state index in [1.54, 1.807) is 7.11 Å². The summed E-state index contributed by atoms with van der Waals surface area (Å²) in [6.07, 6.45) is 0. The lowest BCUT2D eigenvalue weighted by molar-refractivity contribution is 0.415. The van der Waals surface area contributed by atoms with Crippen LogP contribution in [0.1, 0.15) is 0 Å². The second-order valence-electron chi connectivity index (χ2n) is 5.76. The van der Waals surface area contributed by atoms with Gasteiger partial charge in [-0.15, -0.1) is 0 Å². The highest BCUT2D eigenvalue weighted by Crippen LogP contribution is 2.34. The molecule has 0 unspecified atom stereocenters. The molecule has 1 aromatic heterocycles. The molecule has 0 saturated carbocycles. The highest BCUT2D eigenvalue weighted by molar-refractivity contribution is 5.86. The number of hydrogen-bond donors (Lipinski definition) is 0. The number of benzene rings is 3. The van der Waals surface area contributed by atoms with Crippen LogP contribution in [0.4, 0.5) is 0 Å². The molecule has 0 amide bonds. The molecular weight excluding hydrogens is 296 g/mol. The molecule has 118 valence electrons. The van der Waals surface area contributed by atoms with Gasteiger partial charge in [0.1, 0.15) is 11.6 Å². The van der Waals surface area contributed by atoms with E-state index < -0.39 is 0 Å². The second-order valence-corrected chi connectivity index (χ2v) is 5.76. The molecule has 1 heterocycles. The third kappa shape index (κ3) is 2.35. The van der Waals surface area contributed by atoms with Crippen molar-refractivity contribution in [3.63, 3.8) is 0 Å². The number of fused-ring (bicyclic) bond motifs is 1. The maximum absolute atomic E-state index is 5.37. The Balaban J connectivity index is 1.94. The van der Waals surface area contributed by atoms with Crippen molar-refractivity contribution in [2.45, 2.75) is 0 Å². The molecule has 0 atom stereocenters. The van der Waals surface area contributed by atoms with Crippen LogP contribution in [-0.2, 0) is 7.05 Å². The fourth-order valence-electron chi connectivity index (χ4n) is 3.11. The van der Waals surface area contributed by atoms with Crippen molar-refractivity contribution in [3.05, 3.63) is 72.8 Å². The molecule has 0 radical (unpaired) electrons. The monoisotopic (exact) mass is 314 g/mol. The van der Waals surface area contributed by atoms with Crippen molar-refractivity contribution < 1.29 is 4.74 Å². The minimum absolute atomic E-state index is 0.854. The lowest BCUT2D eigenvalue weighted by Gasteiger charge is -2.11. The summed E-state index contributed by atoms with van der Waals surface area (Å²) >= 11 is 0. The van der Waals surface area contributed by atoms with Crippen molar-refractivity contribution in [2.24, 2.45) is 7.05 Å². The van der Waals surface area contributed by atoms with Gasteiger partial charge in [0.05, 0.1) is 18.1 Å². The van der Waals surface area contributed by atoms with E-state index in [1.807, 2.05) is 30.3 Å². The summed E-state index contributed by atoms with van der Waals surface area (Å²) in [6.45, 7) is 0. The lowest BCUT2D eigenvalue weighted by atomic mass is 9.99. The van der Waals surface area contributed by atoms with Gasteiger partial charge in [0.2, 0.25) is 0 Å². The molecule has 4 aromatic rings. The van der Waals surface area contributed by atoms with Crippen molar-refractivity contribution >= 4 is 11.0 Å². The maximum Gasteiger partial charge on any atom is 0.141 e. The maximum atomic E-state index is 5.37. The Morgan fingerprint density at radius 3 is 2.38 bits per heavy atom. The van der Waals surface area contributed by atoms with Crippen molar-refractivity contribution in [1.82, 2.24) is 9.55 Å². The molecule has 3 aromatic carbocycles. The number of para-hydroxylation sites is 2. The van der Waals surface area contributed by atoms with E-state index in [4.69, 9.17) is 9.72 Å². The van der Waals surface area contributed by atoms with E-state index >= 15 is 0 Å². The Hall–Kier alpha value is -3.07. The number of methoxy groups -OCH3 is 1. The fraction of sp³-hybridized carbons (Fsp3) is 0.0952. The summed E-state index contributed by atoms with van der Waals surface area (Å²) in [5, 5.41) is 0. The summed E-state index contributed by atoms with van der Waals surface area (Å²) in [7, 11) is 3.75. The number of ether oxygens (including phenoxy) is 1. The Labute approximate surface area is 141 Å². The minimum atomic E-state index is 0.854. The predicted octanol–water partition coefficient (Wildman–Crippen LogP) is 4.92. The topological polar surface area (TPSA) is 27.1 Å². The van der Waals surface area contributed by atoms with Crippen LogP contribution in [0, 0.1) is 0 Å². The number of aryl methyl sites for hydroxylation is 1. The highest BCUT2D eigenvalue weighted by atomic mass is 16.5. The molecule has 24 heavy (non-hydrogen) atoms. The molecule has 0 bridgehead atoms. The summed E-state index contributed by atoms with van der Waals surface area (Å²) in [4.78, 5) is 4.84. The van der Waals surface area contributed by atoms with Crippen LogP contribution < -0.4 is 4.74 Å². The van der Waals surface area contributed by atoms with Gasteiger partial charge in [-0.05, 0) is 35.4 Å². The van der Waals surface area contributed by atoms with E-state index in [0.717, 1.165) is 39.3 Å². The van der Waals surface area contributed by atoms with E-state index in [2.05, 4.69) is 54.1 Å². The summed E-state index contributed by atoms with van der Waals surface area (Å²) in [6, 6.07) is 24.7. The summed E-state index contributed by atoms with van der Waals surface area (Å²) in [5.41, 5.74) is 5.53. The quantitative estimate of drug-likeness (QED) is 0.537. The first-order chi connectivity index (χ1) is 11.8. The van der Waals surface area contributed by atoms with Gasteiger partial charge in [-0.3, -0.25) is 0 Å². The summed E-state index contributed by atoms with van der Waals surface area (Å²) in [5.74, 6) is 1.82. The zero-order valence-corrected chi connectivity index (χ0v) is 13.7. The first-order valence-corrected chi connectivity index (χ1v) is 7.93. The van der Waals surface area contributed by atoms with Crippen LogP contribution in [0.25, 0.3) is 33.5 Å². The van der Waals surface area contributed by atoms with Gasteiger partial charge in [0, 0.05) is 12.6 Å². The molecule has 3 heteroatoms. The van der Waals surface area contributed by atoms with E-state index in [1.165, 1.54) is 0 Å². The molecule has 0 fully saturated rings. The fourth-order valence-corrected chi connectivity index (χ4v) is 3.11. The molecule has 0 saturated heterocycles. The van der Waals surface area contributed by atoms with Gasteiger partial charge in [0.15, 0.2) is 0 Å². The zero-order valence-electron chi connectivity index (χ0n) is 13.7. The smallest absolute Gasteiger partial charge is 0.141 e. The van der Waals surface area contributed by atoms with Crippen molar-refractivity contribution in [3.8, 4) is 28.3 Å². The predicted molar refractivity (Wildman–Crippen MR) is 98.1 cm³/mol. The van der Waals surface area contributed by atoms with Gasteiger partial charge >= 0.3 is 0 Å². The first kappa shape index (κ1) is 14.5. The van der Waals surface area contributed by atoms with E-state index in [-0.39, 0.29) is 0 Å². The standard InChI is InChI=1S/C21H18N2O/c1-23-20-13-6-5-12-19(20)22-21(23)18-11-4-3-10-17(18)15-8-7-9-16(14-15)24-2/h3-14H,1-2H3. The van der Waals surface area contributed by atoms with Crippen LogP contribution in [-0.4, -0.2) is 16.7 Å². The molecule has 0 aliphatic carbocycles. The van der Waals surface area contributed by atoms with Crippen LogP contribution in [0.5, 0.6) is 5.75 Å². The Morgan fingerprint density at radius 1 is 0.833 bits per heavy atom. The molecule has 0 N–H and O–H groups in total. The number of aromatic nitrogens is 2. The number of nitrogens with zero attached hydrogens (tertiary/aromatic N) is 2.